The second-order valence-corrected chi connectivity index (χ2v) is 7.10. The second kappa shape index (κ2) is 7.01. The van der Waals surface area contributed by atoms with Gasteiger partial charge >= 0.3 is 0 Å². The van der Waals surface area contributed by atoms with Crippen LogP contribution < -0.4 is 5.56 Å². The summed E-state index contributed by atoms with van der Waals surface area (Å²) in [5, 5.41) is 1.97. The fourth-order valence-corrected chi connectivity index (χ4v) is 3.42. The maximum atomic E-state index is 14.3. The molecule has 0 aliphatic heterocycles. The lowest BCUT2D eigenvalue weighted by Gasteiger charge is -2.18. The minimum absolute atomic E-state index is 0.0499. The van der Waals surface area contributed by atoms with Crippen LogP contribution in [0.5, 0.6) is 0 Å². The van der Waals surface area contributed by atoms with Gasteiger partial charge in [0.25, 0.3) is 5.56 Å². The van der Waals surface area contributed by atoms with Crippen LogP contribution in [0.4, 0.5) is 8.78 Å². The van der Waals surface area contributed by atoms with Crippen LogP contribution in [0.25, 0.3) is 22.0 Å². The standard InChI is InChI=1S/C17H14ClF2N3OS/c1-9(2)8-23-14(12-10(19)4-3-5-11(12)20)15(18)22-13(17(23)24)16-21-6-7-25-16/h3-7,9H,8H2,1-2H3. The van der Waals surface area contributed by atoms with Crippen LogP contribution in [0.15, 0.2) is 34.6 Å². The molecule has 0 bridgehead atoms. The Balaban J connectivity index is 2.36. The van der Waals surface area contributed by atoms with E-state index in [2.05, 4.69) is 9.97 Å². The molecule has 8 heteroatoms. The molecule has 25 heavy (non-hydrogen) atoms. The van der Waals surface area contributed by atoms with Crippen molar-refractivity contribution in [1.82, 2.24) is 14.5 Å². The van der Waals surface area contributed by atoms with Crippen molar-refractivity contribution in [2.75, 3.05) is 0 Å². The number of aromatic nitrogens is 3. The van der Waals surface area contributed by atoms with Crippen molar-refractivity contribution in [2.24, 2.45) is 5.92 Å². The lowest BCUT2D eigenvalue weighted by atomic mass is 10.1. The van der Waals surface area contributed by atoms with Crippen LogP contribution in [-0.2, 0) is 6.54 Å². The molecule has 0 saturated carbocycles. The summed E-state index contributed by atoms with van der Waals surface area (Å²) >= 11 is 7.50. The molecule has 3 rings (SSSR count). The van der Waals surface area contributed by atoms with Crippen molar-refractivity contribution in [1.29, 1.82) is 0 Å². The smallest absolute Gasteiger partial charge is 0.280 e. The van der Waals surface area contributed by atoms with E-state index >= 15 is 0 Å². The van der Waals surface area contributed by atoms with Gasteiger partial charge in [0.05, 0.1) is 11.3 Å². The highest BCUT2D eigenvalue weighted by Gasteiger charge is 2.24. The molecule has 0 unspecified atom stereocenters. The maximum Gasteiger partial charge on any atom is 0.280 e. The molecule has 0 atom stereocenters. The van der Waals surface area contributed by atoms with Crippen molar-refractivity contribution in [3.8, 4) is 22.0 Å². The first kappa shape index (κ1) is 17.7. The summed E-state index contributed by atoms with van der Waals surface area (Å²) < 4.78 is 29.9. The summed E-state index contributed by atoms with van der Waals surface area (Å²) in [4.78, 5) is 21.1. The zero-order valence-electron chi connectivity index (χ0n) is 13.5. The van der Waals surface area contributed by atoms with E-state index < -0.39 is 17.2 Å². The van der Waals surface area contributed by atoms with E-state index in [4.69, 9.17) is 11.6 Å². The lowest BCUT2D eigenvalue weighted by molar-refractivity contribution is 0.509. The van der Waals surface area contributed by atoms with E-state index in [0.29, 0.717) is 5.01 Å². The summed E-state index contributed by atoms with van der Waals surface area (Å²) in [6.07, 6.45) is 1.55. The monoisotopic (exact) mass is 381 g/mol. The number of halogens is 3. The molecule has 0 radical (unpaired) electrons. The fourth-order valence-electron chi connectivity index (χ4n) is 2.52. The van der Waals surface area contributed by atoms with E-state index in [0.717, 1.165) is 12.1 Å². The molecule has 3 aromatic rings. The first-order valence-corrected chi connectivity index (χ1v) is 8.80. The van der Waals surface area contributed by atoms with Crippen LogP contribution in [0.3, 0.4) is 0 Å². The van der Waals surface area contributed by atoms with Gasteiger partial charge in [-0.15, -0.1) is 11.3 Å². The fraction of sp³-hybridized carbons (Fsp3) is 0.235. The predicted octanol–water partition coefficient (Wildman–Crippen LogP) is 4.62. The maximum absolute atomic E-state index is 14.3. The summed E-state index contributed by atoms with van der Waals surface area (Å²) in [5.41, 5.74) is -0.827. The molecular weight excluding hydrogens is 368 g/mol. The molecule has 0 aliphatic carbocycles. The van der Waals surface area contributed by atoms with Crippen molar-refractivity contribution >= 4 is 22.9 Å². The summed E-state index contributed by atoms with van der Waals surface area (Å²) in [5.74, 6) is -1.56. The lowest BCUT2D eigenvalue weighted by Crippen LogP contribution is -2.27. The number of hydrogen-bond acceptors (Lipinski definition) is 4. The Hall–Kier alpha value is -2.12. The highest BCUT2D eigenvalue weighted by Crippen LogP contribution is 2.32. The van der Waals surface area contributed by atoms with Gasteiger partial charge in [-0.05, 0) is 18.1 Å². The molecule has 2 heterocycles. The molecule has 0 N–H and O–H groups in total. The third-order valence-corrected chi connectivity index (χ3v) is 4.55. The summed E-state index contributed by atoms with van der Waals surface area (Å²) in [6.45, 7) is 4.03. The Morgan fingerprint density at radius 1 is 1.28 bits per heavy atom. The van der Waals surface area contributed by atoms with E-state index in [1.165, 1.54) is 22.0 Å². The van der Waals surface area contributed by atoms with E-state index in [-0.39, 0.29) is 34.6 Å². The van der Waals surface area contributed by atoms with Gasteiger partial charge in [0.2, 0.25) is 0 Å². The van der Waals surface area contributed by atoms with Crippen LogP contribution >= 0.6 is 22.9 Å². The highest BCUT2D eigenvalue weighted by atomic mass is 35.5. The quantitative estimate of drug-likeness (QED) is 0.662. The predicted molar refractivity (Wildman–Crippen MR) is 94.8 cm³/mol. The average molecular weight is 382 g/mol. The first-order valence-electron chi connectivity index (χ1n) is 7.54. The van der Waals surface area contributed by atoms with Crippen molar-refractivity contribution in [3.05, 3.63) is 56.9 Å². The molecule has 0 saturated heterocycles. The average Bonchev–Trinajstić information content (AvgIpc) is 3.06. The van der Waals surface area contributed by atoms with Gasteiger partial charge < -0.3 is 4.57 Å². The Bertz CT molecular complexity index is 951. The molecular formula is C17H14ClF2N3OS. The first-order chi connectivity index (χ1) is 11.9. The van der Waals surface area contributed by atoms with Gasteiger partial charge in [0.1, 0.15) is 16.6 Å². The number of nitrogens with zero attached hydrogens (tertiary/aromatic N) is 3. The summed E-state index contributed by atoms with van der Waals surface area (Å²) in [7, 11) is 0. The van der Waals surface area contributed by atoms with Gasteiger partial charge in [-0.3, -0.25) is 4.79 Å². The van der Waals surface area contributed by atoms with Crippen LogP contribution in [-0.4, -0.2) is 14.5 Å². The number of rotatable bonds is 4. The zero-order valence-corrected chi connectivity index (χ0v) is 15.0. The van der Waals surface area contributed by atoms with Gasteiger partial charge in [-0.25, -0.2) is 18.7 Å². The molecule has 0 spiro atoms. The zero-order chi connectivity index (χ0) is 18.1. The molecule has 130 valence electrons. The summed E-state index contributed by atoms with van der Waals surface area (Å²) in [6, 6.07) is 3.49. The SMILES string of the molecule is CC(C)Cn1c(-c2c(F)cccc2F)c(Cl)nc(-c2nccs2)c1=O. The van der Waals surface area contributed by atoms with E-state index in [9.17, 15) is 13.6 Å². The Kier molecular flexibility index (Phi) is 4.96. The van der Waals surface area contributed by atoms with Crippen molar-refractivity contribution in [3.63, 3.8) is 0 Å². The molecule has 0 amide bonds. The Morgan fingerprint density at radius 3 is 2.52 bits per heavy atom. The molecule has 2 aromatic heterocycles. The Labute approximate surface area is 151 Å². The molecule has 0 aliphatic rings. The van der Waals surface area contributed by atoms with E-state index in [1.54, 1.807) is 11.6 Å². The third-order valence-electron chi connectivity index (χ3n) is 3.51. The van der Waals surface area contributed by atoms with Crippen molar-refractivity contribution < 1.29 is 8.78 Å². The number of hydrogen-bond donors (Lipinski definition) is 0. The van der Waals surface area contributed by atoms with Crippen molar-refractivity contribution in [2.45, 2.75) is 20.4 Å². The van der Waals surface area contributed by atoms with Gasteiger partial charge in [-0.2, -0.15) is 0 Å². The topological polar surface area (TPSA) is 47.8 Å². The molecule has 1 aromatic carbocycles. The minimum atomic E-state index is -0.803. The van der Waals surface area contributed by atoms with Crippen LogP contribution in [0.1, 0.15) is 13.8 Å². The molecule has 0 fully saturated rings. The highest BCUT2D eigenvalue weighted by molar-refractivity contribution is 7.13. The van der Waals surface area contributed by atoms with Gasteiger partial charge in [0.15, 0.2) is 10.8 Å². The Morgan fingerprint density at radius 2 is 1.96 bits per heavy atom. The largest absolute Gasteiger partial charge is 0.303 e. The minimum Gasteiger partial charge on any atom is -0.303 e. The third kappa shape index (κ3) is 3.34. The number of thiazole rings is 1. The molecule has 4 nitrogen and oxygen atoms in total. The van der Waals surface area contributed by atoms with Gasteiger partial charge in [0, 0.05) is 18.1 Å². The second-order valence-electron chi connectivity index (χ2n) is 5.84. The van der Waals surface area contributed by atoms with E-state index in [1.807, 2.05) is 13.8 Å². The normalized spacial score (nSPS) is 11.3. The number of benzene rings is 1. The van der Waals surface area contributed by atoms with Crippen LogP contribution in [0, 0.1) is 17.6 Å². The van der Waals surface area contributed by atoms with Gasteiger partial charge in [-0.1, -0.05) is 31.5 Å². The van der Waals surface area contributed by atoms with Crippen LogP contribution in [0.2, 0.25) is 5.15 Å².